The van der Waals surface area contributed by atoms with Gasteiger partial charge in [0.25, 0.3) is 0 Å². The number of nitrogens with zero attached hydrogens (tertiary/aromatic N) is 1. The monoisotopic (exact) mass is 149 g/mol. The summed E-state index contributed by atoms with van der Waals surface area (Å²) in [7, 11) is 3.96. The number of likely N-dealkylation sites (N-methyl/N-ethyl adjacent to an activating group) is 1. The molecule has 0 bridgehead atoms. The van der Waals surface area contributed by atoms with E-state index in [1.165, 1.54) is 0 Å². The van der Waals surface area contributed by atoms with Gasteiger partial charge in [-0.05, 0) is 12.2 Å². The minimum atomic E-state index is 1.09. The molecule has 0 aromatic carbocycles. The average Bonchev–Trinajstić information content (AvgIpc) is 1.97. The molecule has 0 fully saturated rings. The molecule has 11 heavy (non-hydrogen) atoms. The standard InChI is InChI=1S/C10H15N/c1-5-7-8-9-10(6-2)11(3)4/h5-9H,1-2H2,3-4H3/b8-7-,10-9+. The molecule has 0 aliphatic carbocycles. The molecule has 0 N–H and O–H groups in total. The van der Waals surface area contributed by atoms with Gasteiger partial charge in [-0.25, -0.2) is 0 Å². The Morgan fingerprint density at radius 2 is 1.82 bits per heavy atom. The molecule has 0 amide bonds. The summed E-state index contributed by atoms with van der Waals surface area (Å²) >= 11 is 0. The molecular weight excluding hydrogens is 134 g/mol. The highest BCUT2D eigenvalue weighted by Gasteiger charge is 1.88. The van der Waals surface area contributed by atoms with Crippen LogP contribution in [-0.2, 0) is 0 Å². The molecule has 0 rings (SSSR count). The van der Waals surface area contributed by atoms with Crippen molar-refractivity contribution in [3.63, 3.8) is 0 Å². The molecular formula is C10H15N. The largest absolute Gasteiger partial charge is 0.378 e. The van der Waals surface area contributed by atoms with Crippen molar-refractivity contribution < 1.29 is 0 Å². The van der Waals surface area contributed by atoms with E-state index in [0.717, 1.165) is 5.70 Å². The van der Waals surface area contributed by atoms with Crippen molar-refractivity contribution in [2.75, 3.05) is 14.1 Å². The molecule has 0 saturated carbocycles. The second kappa shape index (κ2) is 5.54. The van der Waals surface area contributed by atoms with Crippen LogP contribution in [-0.4, -0.2) is 19.0 Å². The number of hydrogen-bond acceptors (Lipinski definition) is 1. The Morgan fingerprint density at radius 3 is 2.18 bits per heavy atom. The van der Waals surface area contributed by atoms with Gasteiger partial charge in [0.15, 0.2) is 0 Å². The van der Waals surface area contributed by atoms with E-state index in [9.17, 15) is 0 Å². The van der Waals surface area contributed by atoms with Crippen LogP contribution in [0.5, 0.6) is 0 Å². The van der Waals surface area contributed by atoms with Crippen molar-refractivity contribution in [3.8, 4) is 0 Å². The Bertz CT molecular complexity index is 185. The smallest absolute Gasteiger partial charge is 0.0355 e. The van der Waals surface area contributed by atoms with E-state index in [1.807, 2.05) is 43.3 Å². The van der Waals surface area contributed by atoms with E-state index in [-0.39, 0.29) is 0 Å². The maximum atomic E-state index is 3.69. The van der Waals surface area contributed by atoms with Crippen molar-refractivity contribution in [2.45, 2.75) is 0 Å². The van der Waals surface area contributed by atoms with Crippen molar-refractivity contribution in [2.24, 2.45) is 0 Å². The summed E-state index contributed by atoms with van der Waals surface area (Å²) < 4.78 is 0. The van der Waals surface area contributed by atoms with Gasteiger partial charge in [0.1, 0.15) is 0 Å². The number of rotatable bonds is 4. The van der Waals surface area contributed by atoms with Gasteiger partial charge in [0.2, 0.25) is 0 Å². The van der Waals surface area contributed by atoms with E-state index in [2.05, 4.69) is 13.2 Å². The molecule has 0 atom stereocenters. The lowest BCUT2D eigenvalue weighted by atomic mass is 10.3. The predicted molar refractivity (Wildman–Crippen MR) is 51.3 cm³/mol. The lowest BCUT2D eigenvalue weighted by Gasteiger charge is -2.11. The van der Waals surface area contributed by atoms with Gasteiger partial charge in [-0.3, -0.25) is 0 Å². The van der Waals surface area contributed by atoms with Gasteiger partial charge in [0, 0.05) is 19.8 Å². The SMILES string of the molecule is C=C/C=C\C=C(/C=C)N(C)C. The van der Waals surface area contributed by atoms with E-state index in [4.69, 9.17) is 0 Å². The van der Waals surface area contributed by atoms with E-state index in [0.29, 0.717) is 0 Å². The number of hydrogen-bond donors (Lipinski definition) is 0. The van der Waals surface area contributed by atoms with E-state index in [1.54, 1.807) is 6.08 Å². The van der Waals surface area contributed by atoms with Crippen molar-refractivity contribution in [3.05, 3.63) is 49.2 Å². The Hall–Kier alpha value is -1.24. The molecule has 1 heteroatoms. The highest BCUT2D eigenvalue weighted by atomic mass is 15.1. The minimum absolute atomic E-state index is 1.09. The second-order valence-electron chi connectivity index (χ2n) is 2.31. The van der Waals surface area contributed by atoms with Crippen LogP contribution in [0.3, 0.4) is 0 Å². The van der Waals surface area contributed by atoms with Crippen LogP contribution in [0.15, 0.2) is 49.2 Å². The fourth-order valence-corrected chi connectivity index (χ4v) is 0.632. The van der Waals surface area contributed by atoms with Gasteiger partial charge < -0.3 is 4.90 Å². The van der Waals surface area contributed by atoms with Crippen LogP contribution in [0.1, 0.15) is 0 Å². The molecule has 0 aliphatic rings. The van der Waals surface area contributed by atoms with Gasteiger partial charge in [-0.2, -0.15) is 0 Å². The summed E-state index contributed by atoms with van der Waals surface area (Å²) in [4.78, 5) is 2.00. The second-order valence-corrected chi connectivity index (χ2v) is 2.31. The molecule has 0 radical (unpaired) electrons. The Morgan fingerprint density at radius 1 is 1.18 bits per heavy atom. The third kappa shape index (κ3) is 4.20. The molecule has 0 spiro atoms. The topological polar surface area (TPSA) is 3.24 Å². The maximum Gasteiger partial charge on any atom is 0.0355 e. The van der Waals surface area contributed by atoms with Crippen molar-refractivity contribution in [1.82, 2.24) is 4.90 Å². The van der Waals surface area contributed by atoms with Gasteiger partial charge in [-0.1, -0.05) is 31.4 Å². The van der Waals surface area contributed by atoms with Crippen LogP contribution >= 0.6 is 0 Å². The quantitative estimate of drug-likeness (QED) is 0.555. The summed E-state index contributed by atoms with van der Waals surface area (Å²) in [6.07, 6.45) is 9.35. The first-order valence-electron chi connectivity index (χ1n) is 3.51. The summed E-state index contributed by atoms with van der Waals surface area (Å²) in [5.41, 5.74) is 1.09. The Kier molecular flexibility index (Phi) is 4.91. The van der Waals surface area contributed by atoms with Crippen LogP contribution < -0.4 is 0 Å². The van der Waals surface area contributed by atoms with Crippen LogP contribution in [0, 0.1) is 0 Å². The zero-order valence-corrected chi connectivity index (χ0v) is 7.25. The third-order valence-electron chi connectivity index (χ3n) is 1.24. The molecule has 0 unspecified atom stereocenters. The normalized spacial score (nSPS) is 11.6. The summed E-state index contributed by atoms with van der Waals surface area (Å²) in [6, 6.07) is 0. The van der Waals surface area contributed by atoms with E-state index >= 15 is 0 Å². The van der Waals surface area contributed by atoms with Crippen LogP contribution in [0.25, 0.3) is 0 Å². The molecule has 0 heterocycles. The zero-order chi connectivity index (χ0) is 8.69. The first-order valence-corrected chi connectivity index (χ1v) is 3.51. The lowest BCUT2D eigenvalue weighted by molar-refractivity contribution is 0.530. The Balaban J connectivity index is 4.23. The molecule has 1 nitrogen and oxygen atoms in total. The Labute approximate surface area is 69.0 Å². The molecule has 0 aromatic rings. The zero-order valence-electron chi connectivity index (χ0n) is 7.25. The minimum Gasteiger partial charge on any atom is -0.378 e. The third-order valence-corrected chi connectivity index (χ3v) is 1.24. The molecule has 0 saturated heterocycles. The number of allylic oxidation sites excluding steroid dienone is 5. The van der Waals surface area contributed by atoms with Gasteiger partial charge >= 0.3 is 0 Å². The fraction of sp³-hybridized carbons (Fsp3) is 0.200. The predicted octanol–water partition coefficient (Wildman–Crippen LogP) is 2.36. The molecule has 0 aromatic heterocycles. The summed E-state index contributed by atoms with van der Waals surface area (Å²) in [5, 5.41) is 0. The first kappa shape index (κ1) is 9.76. The van der Waals surface area contributed by atoms with E-state index < -0.39 is 0 Å². The lowest BCUT2D eigenvalue weighted by Crippen LogP contribution is -2.08. The molecule has 0 aliphatic heterocycles. The van der Waals surface area contributed by atoms with Crippen LogP contribution in [0.2, 0.25) is 0 Å². The molecule has 60 valence electrons. The fourth-order valence-electron chi connectivity index (χ4n) is 0.632. The van der Waals surface area contributed by atoms with Crippen LogP contribution in [0.4, 0.5) is 0 Å². The van der Waals surface area contributed by atoms with Gasteiger partial charge in [-0.15, -0.1) is 0 Å². The highest BCUT2D eigenvalue weighted by Crippen LogP contribution is 1.98. The van der Waals surface area contributed by atoms with Gasteiger partial charge in [0.05, 0.1) is 0 Å². The first-order chi connectivity index (χ1) is 5.22. The van der Waals surface area contributed by atoms with Crippen molar-refractivity contribution in [1.29, 1.82) is 0 Å². The average molecular weight is 149 g/mol. The highest BCUT2D eigenvalue weighted by molar-refractivity contribution is 5.21. The summed E-state index contributed by atoms with van der Waals surface area (Å²) in [6.45, 7) is 7.26. The van der Waals surface area contributed by atoms with Crippen molar-refractivity contribution >= 4 is 0 Å². The summed E-state index contributed by atoms with van der Waals surface area (Å²) in [5.74, 6) is 0. The maximum absolute atomic E-state index is 3.69.